The highest BCUT2D eigenvalue weighted by molar-refractivity contribution is 6.37. The quantitative estimate of drug-likeness (QED) is 0.834. The summed E-state index contributed by atoms with van der Waals surface area (Å²) in [6.07, 6.45) is 0. The Hall–Kier alpha value is -2.69. The summed E-state index contributed by atoms with van der Waals surface area (Å²) < 4.78 is 18.6. The van der Waals surface area contributed by atoms with Gasteiger partial charge in [-0.2, -0.15) is 0 Å². The first kappa shape index (κ1) is 15.7. The molecule has 0 heterocycles. The lowest BCUT2D eigenvalue weighted by Gasteiger charge is -2.07. The summed E-state index contributed by atoms with van der Waals surface area (Å²) in [5, 5.41) is 0. The van der Waals surface area contributed by atoms with Crippen molar-refractivity contribution in [3.8, 4) is 5.75 Å². The molecule has 2 N–H and O–H groups in total. The highest BCUT2D eigenvalue weighted by Gasteiger charge is 2.00. The summed E-state index contributed by atoms with van der Waals surface area (Å²) in [5.41, 5.74) is 7.12. The second-order valence-electron chi connectivity index (χ2n) is 4.83. The molecular formula is C17H17FN2O2. The fourth-order valence-electron chi connectivity index (χ4n) is 1.77. The van der Waals surface area contributed by atoms with E-state index in [2.05, 4.69) is 4.99 Å². The number of nitrogens with two attached hydrogens (primary N) is 1. The number of rotatable bonds is 6. The third-order valence-corrected chi connectivity index (χ3v) is 3.07. The molecule has 0 aliphatic carbocycles. The Morgan fingerprint density at radius 3 is 2.55 bits per heavy atom. The molecule has 0 saturated carbocycles. The van der Waals surface area contributed by atoms with Crippen molar-refractivity contribution < 1.29 is 13.9 Å². The van der Waals surface area contributed by atoms with Crippen LogP contribution < -0.4 is 10.5 Å². The van der Waals surface area contributed by atoms with Crippen LogP contribution in [0.1, 0.15) is 18.1 Å². The van der Waals surface area contributed by atoms with Gasteiger partial charge in [0.25, 0.3) is 5.91 Å². The number of amides is 1. The van der Waals surface area contributed by atoms with E-state index in [1.165, 1.54) is 12.1 Å². The zero-order valence-electron chi connectivity index (χ0n) is 12.3. The van der Waals surface area contributed by atoms with Crippen molar-refractivity contribution in [2.24, 2.45) is 10.7 Å². The van der Waals surface area contributed by atoms with E-state index in [4.69, 9.17) is 10.5 Å². The number of primary amides is 1. The molecule has 0 radical (unpaired) electrons. The number of nitrogens with zero attached hydrogens (tertiary/aromatic N) is 1. The van der Waals surface area contributed by atoms with Crippen LogP contribution in [0.2, 0.25) is 0 Å². The summed E-state index contributed by atoms with van der Waals surface area (Å²) in [4.78, 5) is 14.9. The van der Waals surface area contributed by atoms with Gasteiger partial charge < -0.3 is 10.5 Å². The lowest BCUT2D eigenvalue weighted by atomic mass is 10.2. The Labute approximate surface area is 128 Å². The number of carbonyl (C=O) groups excluding carboxylic acids is 1. The van der Waals surface area contributed by atoms with E-state index in [1.807, 2.05) is 24.3 Å². The minimum atomic E-state index is -0.518. The molecule has 0 saturated heterocycles. The number of aliphatic imine (C=N–C) groups is 1. The lowest BCUT2D eigenvalue weighted by molar-refractivity contribution is -0.112. The summed E-state index contributed by atoms with van der Waals surface area (Å²) in [5.74, 6) is -0.113. The maximum atomic E-state index is 13.1. The first-order valence-electron chi connectivity index (χ1n) is 6.81. The predicted octanol–water partition coefficient (Wildman–Crippen LogP) is 2.85. The monoisotopic (exact) mass is 300 g/mol. The van der Waals surface area contributed by atoms with Gasteiger partial charge in [0.2, 0.25) is 0 Å². The van der Waals surface area contributed by atoms with Crippen LogP contribution in [0.4, 0.5) is 4.39 Å². The zero-order valence-corrected chi connectivity index (χ0v) is 12.3. The molecule has 22 heavy (non-hydrogen) atoms. The van der Waals surface area contributed by atoms with E-state index in [9.17, 15) is 9.18 Å². The molecule has 0 aliphatic rings. The van der Waals surface area contributed by atoms with Crippen LogP contribution in [0.5, 0.6) is 5.75 Å². The highest BCUT2D eigenvalue weighted by Crippen LogP contribution is 2.15. The number of halogens is 1. The molecule has 0 atom stereocenters. The minimum absolute atomic E-state index is 0.279. The van der Waals surface area contributed by atoms with E-state index < -0.39 is 5.91 Å². The smallest absolute Gasteiger partial charge is 0.262 e. The number of ether oxygens (including phenoxy) is 1. The summed E-state index contributed by atoms with van der Waals surface area (Å²) >= 11 is 0. The molecular weight excluding hydrogens is 283 g/mol. The van der Waals surface area contributed by atoms with Crippen LogP contribution >= 0.6 is 0 Å². The predicted molar refractivity (Wildman–Crippen MR) is 83.2 cm³/mol. The average molecular weight is 300 g/mol. The Morgan fingerprint density at radius 1 is 1.18 bits per heavy atom. The molecule has 2 aromatic carbocycles. The van der Waals surface area contributed by atoms with Crippen molar-refractivity contribution in [1.29, 1.82) is 0 Å². The third kappa shape index (κ3) is 4.70. The van der Waals surface area contributed by atoms with Crippen molar-refractivity contribution in [2.75, 3.05) is 0 Å². The standard InChI is InChI=1S/C17H17FN2O2/c1-12(17(19)21)20-10-13-5-7-16(8-6-13)22-11-14-3-2-4-15(18)9-14/h2-9H,10-11H2,1H3,(H2,19,21). The topological polar surface area (TPSA) is 64.7 Å². The molecule has 5 heteroatoms. The molecule has 0 bridgehead atoms. The van der Waals surface area contributed by atoms with Crippen molar-refractivity contribution in [2.45, 2.75) is 20.1 Å². The highest BCUT2D eigenvalue weighted by atomic mass is 19.1. The molecule has 2 rings (SSSR count). The van der Waals surface area contributed by atoms with Gasteiger partial charge in [0.05, 0.1) is 12.3 Å². The van der Waals surface area contributed by atoms with Gasteiger partial charge in [0, 0.05) is 0 Å². The third-order valence-electron chi connectivity index (χ3n) is 3.07. The summed E-state index contributed by atoms with van der Waals surface area (Å²) in [7, 11) is 0. The second-order valence-corrected chi connectivity index (χ2v) is 4.83. The van der Waals surface area contributed by atoms with Crippen molar-refractivity contribution in [3.05, 3.63) is 65.5 Å². The normalized spacial score (nSPS) is 11.3. The van der Waals surface area contributed by atoms with Crippen LogP contribution in [0.3, 0.4) is 0 Å². The van der Waals surface area contributed by atoms with E-state index in [0.717, 1.165) is 11.1 Å². The molecule has 4 nitrogen and oxygen atoms in total. The van der Waals surface area contributed by atoms with Crippen LogP contribution in [0.25, 0.3) is 0 Å². The number of carbonyl (C=O) groups is 1. The van der Waals surface area contributed by atoms with Crippen molar-refractivity contribution in [3.63, 3.8) is 0 Å². The SMILES string of the molecule is CC(=NCc1ccc(OCc2cccc(F)c2)cc1)C(N)=O. The van der Waals surface area contributed by atoms with Crippen LogP contribution in [-0.4, -0.2) is 11.6 Å². The molecule has 114 valence electrons. The maximum absolute atomic E-state index is 13.1. The van der Waals surface area contributed by atoms with Gasteiger partial charge in [-0.25, -0.2) is 4.39 Å². The number of benzene rings is 2. The molecule has 0 spiro atoms. The van der Waals surface area contributed by atoms with Gasteiger partial charge in [-0.1, -0.05) is 24.3 Å². The fraction of sp³-hybridized carbons (Fsp3) is 0.176. The first-order chi connectivity index (χ1) is 10.5. The fourth-order valence-corrected chi connectivity index (χ4v) is 1.77. The van der Waals surface area contributed by atoms with E-state index in [0.29, 0.717) is 24.6 Å². The molecule has 2 aromatic rings. The largest absolute Gasteiger partial charge is 0.489 e. The summed E-state index contributed by atoms with van der Waals surface area (Å²) in [6.45, 7) is 2.27. The molecule has 0 unspecified atom stereocenters. The van der Waals surface area contributed by atoms with E-state index in [-0.39, 0.29) is 5.82 Å². The molecule has 1 amide bonds. The average Bonchev–Trinajstić information content (AvgIpc) is 2.51. The molecule has 0 fully saturated rings. The lowest BCUT2D eigenvalue weighted by Crippen LogP contribution is -2.20. The maximum Gasteiger partial charge on any atom is 0.262 e. The van der Waals surface area contributed by atoms with E-state index >= 15 is 0 Å². The van der Waals surface area contributed by atoms with Gasteiger partial charge in [0.15, 0.2) is 0 Å². The summed E-state index contributed by atoms with van der Waals surface area (Å²) in [6, 6.07) is 13.6. The van der Waals surface area contributed by atoms with Gasteiger partial charge in [-0.05, 0) is 42.3 Å². The van der Waals surface area contributed by atoms with Gasteiger partial charge >= 0.3 is 0 Å². The van der Waals surface area contributed by atoms with Gasteiger partial charge in [-0.3, -0.25) is 9.79 Å². The molecule has 0 aliphatic heterocycles. The Kier molecular flexibility index (Phi) is 5.25. The first-order valence-corrected chi connectivity index (χ1v) is 6.81. The minimum Gasteiger partial charge on any atom is -0.489 e. The zero-order chi connectivity index (χ0) is 15.9. The Balaban J connectivity index is 1.92. The van der Waals surface area contributed by atoms with Gasteiger partial charge in [-0.15, -0.1) is 0 Å². The van der Waals surface area contributed by atoms with E-state index in [1.54, 1.807) is 19.1 Å². The van der Waals surface area contributed by atoms with Crippen molar-refractivity contribution >= 4 is 11.6 Å². The number of hydrogen-bond donors (Lipinski definition) is 1. The van der Waals surface area contributed by atoms with Crippen LogP contribution in [-0.2, 0) is 17.9 Å². The van der Waals surface area contributed by atoms with Crippen molar-refractivity contribution in [1.82, 2.24) is 0 Å². The van der Waals surface area contributed by atoms with Crippen LogP contribution in [0, 0.1) is 5.82 Å². The van der Waals surface area contributed by atoms with Crippen LogP contribution in [0.15, 0.2) is 53.5 Å². The number of hydrogen-bond acceptors (Lipinski definition) is 3. The second kappa shape index (κ2) is 7.36. The molecule has 0 aromatic heterocycles. The Bertz CT molecular complexity index is 681. The van der Waals surface area contributed by atoms with Gasteiger partial charge in [0.1, 0.15) is 18.2 Å². The Morgan fingerprint density at radius 2 is 1.91 bits per heavy atom.